The lowest BCUT2D eigenvalue weighted by Gasteiger charge is -2.48. The summed E-state index contributed by atoms with van der Waals surface area (Å²) in [6, 6.07) is 14.4. The van der Waals surface area contributed by atoms with Crippen LogP contribution < -0.4 is 0 Å². The molecule has 2 atom stereocenters. The van der Waals surface area contributed by atoms with E-state index < -0.39 is 22.7 Å². The monoisotopic (exact) mass is 546 g/mol. The van der Waals surface area contributed by atoms with Crippen LogP contribution in [-0.2, 0) is 18.4 Å². The van der Waals surface area contributed by atoms with Crippen molar-refractivity contribution in [3.63, 3.8) is 0 Å². The normalized spacial score (nSPS) is 20.2. The third-order valence-electron chi connectivity index (χ3n) is 8.92. The van der Waals surface area contributed by atoms with Crippen molar-refractivity contribution in [3.05, 3.63) is 77.4 Å². The standard InChI is InChI=1S/C32H42O4Si2/c1-31(2,3)37(7,8)35-29-25-15-12-11-14-22(25)23-16-13-17-24(26-20-21(33)18-19-27(26)34)28(23)30(29)36-38(9,10)32(4,5)6/h11-20,29-30H,1-10H3. The van der Waals surface area contributed by atoms with E-state index in [0.717, 1.165) is 27.8 Å². The lowest BCUT2D eigenvalue weighted by molar-refractivity contribution is -0.113. The molecule has 0 N–H and O–H groups in total. The van der Waals surface area contributed by atoms with Gasteiger partial charge in [0.05, 0.1) is 0 Å². The van der Waals surface area contributed by atoms with Crippen LogP contribution in [0.1, 0.15) is 70.4 Å². The molecule has 0 heterocycles. The van der Waals surface area contributed by atoms with Gasteiger partial charge in [-0.1, -0.05) is 84.0 Å². The number of fused-ring (bicyclic) bond motifs is 3. The van der Waals surface area contributed by atoms with Crippen LogP contribution in [0.3, 0.4) is 0 Å². The molecule has 0 aromatic heterocycles. The van der Waals surface area contributed by atoms with E-state index >= 15 is 0 Å². The number of allylic oxidation sites excluding steroid dienone is 4. The molecular formula is C32H42O4Si2. The zero-order chi connectivity index (χ0) is 28.3. The zero-order valence-electron chi connectivity index (χ0n) is 24.6. The van der Waals surface area contributed by atoms with Crippen LogP contribution in [0.15, 0.2) is 60.7 Å². The summed E-state index contributed by atoms with van der Waals surface area (Å²) in [4.78, 5) is 25.5. The minimum atomic E-state index is -2.30. The zero-order valence-corrected chi connectivity index (χ0v) is 26.6. The maximum absolute atomic E-state index is 13.1. The van der Waals surface area contributed by atoms with Gasteiger partial charge in [-0.15, -0.1) is 0 Å². The van der Waals surface area contributed by atoms with Gasteiger partial charge in [0.15, 0.2) is 28.2 Å². The first-order valence-corrected chi connectivity index (χ1v) is 19.3. The predicted octanol–water partition coefficient (Wildman–Crippen LogP) is 8.58. The Kier molecular flexibility index (Phi) is 7.28. The smallest absolute Gasteiger partial charge is 0.193 e. The van der Waals surface area contributed by atoms with Gasteiger partial charge in [0.25, 0.3) is 0 Å². The molecule has 0 spiro atoms. The Morgan fingerprint density at radius 2 is 1.18 bits per heavy atom. The molecule has 0 aliphatic heterocycles. The Morgan fingerprint density at radius 3 is 1.79 bits per heavy atom. The fourth-order valence-corrected chi connectivity index (χ4v) is 7.07. The average Bonchev–Trinajstić information content (AvgIpc) is 2.80. The topological polar surface area (TPSA) is 52.6 Å². The highest BCUT2D eigenvalue weighted by molar-refractivity contribution is 6.74. The Balaban J connectivity index is 2.03. The van der Waals surface area contributed by atoms with Crippen LogP contribution in [-0.4, -0.2) is 28.2 Å². The minimum Gasteiger partial charge on any atom is -0.407 e. The SMILES string of the molecule is CC(C)(C)[Si](C)(C)OC1c2ccccc2-c2cccc(C3=CC(=O)C=CC3=O)c2C1O[Si](C)(C)C(C)(C)C. The Labute approximate surface area is 230 Å². The van der Waals surface area contributed by atoms with Gasteiger partial charge in [-0.05, 0) is 82.3 Å². The van der Waals surface area contributed by atoms with E-state index in [4.69, 9.17) is 8.85 Å². The molecule has 2 unspecified atom stereocenters. The van der Waals surface area contributed by atoms with Crippen molar-refractivity contribution in [1.82, 2.24) is 0 Å². The van der Waals surface area contributed by atoms with Crippen molar-refractivity contribution in [1.29, 1.82) is 0 Å². The second-order valence-corrected chi connectivity index (χ2v) is 23.1. The average molecular weight is 547 g/mol. The molecule has 0 amide bonds. The Hall–Kier alpha value is -2.39. The van der Waals surface area contributed by atoms with Crippen LogP contribution in [0.5, 0.6) is 0 Å². The van der Waals surface area contributed by atoms with Gasteiger partial charge in [-0.2, -0.15) is 0 Å². The quantitative estimate of drug-likeness (QED) is 0.278. The second-order valence-electron chi connectivity index (χ2n) is 13.6. The summed E-state index contributed by atoms with van der Waals surface area (Å²) in [5.74, 6) is -0.339. The molecule has 6 heteroatoms. The third-order valence-corrected chi connectivity index (χ3v) is 17.8. The van der Waals surface area contributed by atoms with E-state index in [9.17, 15) is 9.59 Å². The molecule has 4 rings (SSSR count). The van der Waals surface area contributed by atoms with Crippen molar-refractivity contribution >= 4 is 33.8 Å². The molecule has 0 bridgehead atoms. The van der Waals surface area contributed by atoms with Crippen LogP contribution in [0.2, 0.25) is 36.3 Å². The van der Waals surface area contributed by atoms with Crippen molar-refractivity contribution in [3.8, 4) is 11.1 Å². The Morgan fingerprint density at radius 1 is 0.658 bits per heavy atom. The molecule has 2 aromatic carbocycles. The summed E-state index contributed by atoms with van der Waals surface area (Å²) in [6.45, 7) is 22.5. The number of benzene rings is 2. The van der Waals surface area contributed by atoms with E-state index in [1.54, 1.807) is 0 Å². The molecule has 2 aliphatic carbocycles. The van der Waals surface area contributed by atoms with Crippen molar-refractivity contribution in [2.24, 2.45) is 0 Å². The highest BCUT2D eigenvalue weighted by Crippen LogP contribution is 2.55. The molecule has 202 valence electrons. The first-order valence-electron chi connectivity index (χ1n) is 13.5. The largest absolute Gasteiger partial charge is 0.407 e. The molecule has 2 aliphatic rings. The van der Waals surface area contributed by atoms with Crippen molar-refractivity contribution in [2.45, 2.75) is 90.0 Å². The second kappa shape index (κ2) is 9.66. The van der Waals surface area contributed by atoms with Gasteiger partial charge in [0.2, 0.25) is 0 Å². The van der Waals surface area contributed by atoms with Crippen molar-refractivity contribution in [2.75, 3.05) is 0 Å². The van der Waals surface area contributed by atoms with Crippen LogP contribution in [0, 0.1) is 0 Å². The summed E-state index contributed by atoms with van der Waals surface area (Å²) in [6.07, 6.45) is 3.43. The highest BCUT2D eigenvalue weighted by atomic mass is 28.4. The van der Waals surface area contributed by atoms with Crippen LogP contribution in [0.4, 0.5) is 0 Å². The van der Waals surface area contributed by atoms with Crippen molar-refractivity contribution < 1.29 is 18.4 Å². The molecule has 0 fully saturated rings. The summed E-state index contributed by atoms with van der Waals surface area (Å²) in [7, 11) is -4.54. The minimum absolute atomic E-state index is 0.00232. The summed E-state index contributed by atoms with van der Waals surface area (Å²) in [5, 5.41) is -0.0262. The lowest BCUT2D eigenvalue weighted by atomic mass is 9.77. The van der Waals surface area contributed by atoms with E-state index in [0.29, 0.717) is 5.57 Å². The van der Waals surface area contributed by atoms with E-state index in [2.05, 4.69) is 92.0 Å². The van der Waals surface area contributed by atoms with Crippen LogP contribution >= 0.6 is 0 Å². The van der Waals surface area contributed by atoms with Gasteiger partial charge in [0, 0.05) is 5.57 Å². The summed E-state index contributed by atoms with van der Waals surface area (Å²) < 4.78 is 14.5. The first-order chi connectivity index (χ1) is 17.4. The number of rotatable bonds is 5. The van der Waals surface area contributed by atoms with E-state index in [1.807, 2.05) is 18.2 Å². The lowest BCUT2D eigenvalue weighted by Crippen LogP contribution is -2.47. The molecule has 2 aromatic rings. The van der Waals surface area contributed by atoms with Gasteiger partial charge in [0.1, 0.15) is 12.2 Å². The van der Waals surface area contributed by atoms with Gasteiger partial charge in [-0.3, -0.25) is 9.59 Å². The summed E-state index contributed by atoms with van der Waals surface area (Å²) in [5.41, 5.74) is 5.37. The molecule has 38 heavy (non-hydrogen) atoms. The fraction of sp³-hybridized carbons (Fsp3) is 0.438. The highest BCUT2D eigenvalue weighted by Gasteiger charge is 2.48. The number of carbonyl (C=O) groups is 2. The molecular weight excluding hydrogens is 505 g/mol. The van der Waals surface area contributed by atoms with E-state index in [-0.39, 0.29) is 27.7 Å². The van der Waals surface area contributed by atoms with Crippen LogP contribution in [0.25, 0.3) is 16.7 Å². The number of hydrogen-bond acceptors (Lipinski definition) is 4. The maximum atomic E-state index is 13.1. The molecule has 0 saturated heterocycles. The number of carbonyl (C=O) groups excluding carboxylic acids is 2. The number of hydrogen-bond donors (Lipinski definition) is 0. The fourth-order valence-electron chi connectivity index (χ4n) is 4.60. The van der Waals surface area contributed by atoms with E-state index in [1.165, 1.54) is 18.2 Å². The van der Waals surface area contributed by atoms with Gasteiger partial charge >= 0.3 is 0 Å². The molecule has 0 radical (unpaired) electrons. The number of ketones is 2. The molecule has 4 nitrogen and oxygen atoms in total. The third kappa shape index (κ3) is 5.11. The summed E-state index contributed by atoms with van der Waals surface area (Å²) >= 11 is 0. The van der Waals surface area contributed by atoms with Gasteiger partial charge in [-0.25, -0.2) is 0 Å². The Bertz CT molecular complexity index is 1340. The first kappa shape index (κ1) is 28.6. The maximum Gasteiger partial charge on any atom is 0.193 e. The predicted molar refractivity (Wildman–Crippen MR) is 161 cm³/mol. The van der Waals surface area contributed by atoms with Gasteiger partial charge < -0.3 is 8.85 Å². The molecule has 0 saturated carbocycles.